The molecule has 5 nitrogen and oxygen atoms in total. The van der Waals surface area contributed by atoms with Crippen LogP contribution in [-0.2, 0) is 4.74 Å². The highest BCUT2D eigenvalue weighted by Gasteiger charge is 2.20. The topological polar surface area (TPSA) is 67.9 Å². The maximum atomic E-state index is 11.6. The van der Waals surface area contributed by atoms with E-state index in [0.29, 0.717) is 16.3 Å². The summed E-state index contributed by atoms with van der Waals surface area (Å²) in [6.45, 7) is 2.01. The molecule has 2 aromatic rings. The fourth-order valence-corrected chi connectivity index (χ4v) is 1.64. The van der Waals surface area contributed by atoms with Gasteiger partial charge in [-0.2, -0.15) is 10.3 Å². The molecule has 0 atom stereocenters. The SMILES string of the molecule is CCOC(=O)c1n[nH]nc1-c1ccccc1Cl. The average Bonchev–Trinajstić information content (AvgIpc) is 2.79. The van der Waals surface area contributed by atoms with Gasteiger partial charge in [-0.15, -0.1) is 5.10 Å². The number of ether oxygens (including phenoxy) is 1. The molecular weight excluding hydrogens is 242 g/mol. The van der Waals surface area contributed by atoms with E-state index in [9.17, 15) is 4.79 Å². The molecule has 0 aliphatic carbocycles. The number of benzene rings is 1. The first-order chi connectivity index (χ1) is 8.24. The summed E-state index contributed by atoms with van der Waals surface area (Å²) < 4.78 is 4.88. The summed E-state index contributed by atoms with van der Waals surface area (Å²) in [5.74, 6) is -0.517. The van der Waals surface area contributed by atoms with Crippen molar-refractivity contribution in [3.8, 4) is 11.3 Å². The fraction of sp³-hybridized carbons (Fsp3) is 0.182. The van der Waals surface area contributed by atoms with Gasteiger partial charge in [-0.25, -0.2) is 4.79 Å². The first-order valence-electron chi connectivity index (χ1n) is 5.06. The predicted molar refractivity (Wildman–Crippen MR) is 62.8 cm³/mol. The van der Waals surface area contributed by atoms with E-state index in [1.54, 1.807) is 25.1 Å². The fourth-order valence-electron chi connectivity index (χ4n) is 1.41. The van der Waals surface area contributed by atoms with Crippen LogP contribution < -0.4 is 0 Å². The standard InChI is InChI=1S/C11H10ClN3O2/c1-2-17-11(16)10-9(13-15-14-10)7-5-3-4-6-8(7)12/h3-6H,2H2,1H3,(H,13,14,15). The summed E-state index contributed by atoms with van der Waals surface area (Å²) >= 11 is 6.04. The van der Waals surface area contributed by atoms with Crippen LogP contribution in [0.4, 0.5) is 0 Å². The molecule has 0 aliphatic rings. The number of aromatic nitrogens is 3. The van der Waals surface area contributed by atoms with Crippen molar-refractivity contribution >= 4 is 17.6 Å². The average molecular weight is 252 g/mol. The Morgan fingerprint density at radius 2 is 2.18 bits per heavy atom. The molecule has 0 saturated heterocycles. The molecule has 0 amide bonds. The van der Waals surface area contributed by atoms with Gasteiger partial charge in [0.15, 0.2) is 5.69 Å². The monoisotopic (exact) mass is 251 g/mol. The number of nitrogens with zero attached hydrogens (tertiary/aromatic N) is 2. The van der Waals surface area contributed by atoms with E-state index in [0.717, 1.165) is 0 Å². The van der Waals surface area contributed by atoms with Gasteiger partial charge in [0, 0.05) is 5.56 Å². The summed E-state index contributed by atoms with van der Waals surface area (Å²) in [6.07, 6.45) is 0. The van der Waals surface area contributed by atoms with E-state index in [1.165, 1.54) is 0 Å². The van der Waals surface area contributed by atoms with Crippen molar-refractivity contribution < 1.29 is 9.53 Å². The number of rotatable bonds is 3. The van der Waals surface area contributed by atoms with E-state index in [1.807, 2.05) is 6.07 Å². The highest BCUT2D eigenvalue weighted by molar-refractivity contribution is 6.33. The van der Waals surface area contributed by atoms with Crippen LogP contribution in [0.2, 0.25) is 5.02 Å². The first kappa shape index (κ1) is 11.6. The lowest BCUT2D eigenvalue weighted by atomic mass is 10.1. The molecular formula is C11H10ClN3O2. The van der Waals surface area contributed by atoms with Gasteiger partial charge >= 0.3 is 5.97 Å². The maximum absolute atomic E-state index is 11.6. The minimum atomic E-state index is -0.517. The molecule has 1 N–H and O–H groups in total. The van der Waals surface area contributed by atoms with Crippen molar-refractivity contribution in [1.29, 1.82) is 0 Å². The van der Waals surface area contributed by atoms with Crippen LogP contribution in [0.5, 0.6) is 0 Å². The van der Waals surface area contributed by atoms with Crippen LogP contribution in [0.15, 0.2) is 24.3 Å². The van der Waals surface area contributed by atoms with Crippen LogP contribution in [0.1, 0.15) is 17.4 Å². The number of aromatic amines is 1. The Morgan fingerprint density at radius 3 is 2.88 bits per heavy atom. The third kappa shape index (κ3) is 2.29. The van der Waals surface area contributed by atoms with E-state index in [2.05, 4.69) is 15.4 Å². The van der Waals surface area contributed by atoms with Crippen molar-refractivity contribution in [2.45, 2.75) is 6.92 Å². The van der Waals surface area contributed by atoms with Gasteiger partial charge < -0.3 is 4.74 Å². The highest BCUT2D eigenvalue weighted by Crippen LogP contribution is 2.27. The summed E-state index contributed by atoms with van der Waals surface area (Å²) in [6, 6.07) is 7.10. The second kappa shape index (κ2) is 4.97. The summed E-state index contributed by atoms with van der Waals surface area (Å²) in [5.41, 5.74) is 1.18. The molecule has 0 bridgehead atoms. The van der Waals surface area contributed by atoms with Crippen molar-refractivity contribution in [2.24, 2.45) is 0 Å². The maximum Gasteiger partial charge on any atom is 0.361 e. The molecule has 1 aromatic heterocycles. The molecule has 0 unspecified atom stereocenters. The molecule has 0 fully saturated rings. The molecule has 2 rings (SSSR count). The van der Waals surface area contributed by atoms with Crippen LogP contribution in [0.25, 0.3) is 11.3 Å². The smallest absolute Gasteiger partial charge is 0.361 e. The number of hydrogen-bond donors (Lipinski definition) is 1. The number of esters is 1. The van der Waals surface area contributed by atoms with Gasteiger partial charge in [0.2, 0.25) is 0 Å². The Kier molecular flexibility index (Phi) is 3.39. The number of nitrogens with one attached hydrogen (secondary N) is 1. The molecule has 0 aliphatic heterocycles. The van der Waals surface area contributed by atoms with E-state index in [-0.39, 0.29) is 12.3 Å². The quantitative estimate of drug-likeness (QED) is 0.850. The predicted octanol–water partition coefficient (Wildman–Crippen LogP) is 2.30. The van der Waals surface area contributed by atoms with Crippen LogP contribution in [0, 0.1) is 0 Å². The molecule has 6 heteroatoms. The minimum absolute atomic E-state index is 0.139. The first-order valence-corrected chi connectivity index (χ1v) is 5.44. The van der Waals surface area contributed by atoms with Crippen LogP contribution >= 0.6 is 11.6 Å². The van der Waals surface area contributed by atoms with Gasteiger partial charge in [0.1, 0.15) is 5.69 Å². The molecule has 88 valence electrons. The van der Waals surface area contributed by atoms with Crippen molar-refractivity contribution in [3.63, 3.8) is 0 Å². The number of hydrogen-bond acceptors (Lipinski definition) is 4. The van der Waals surface area contributed by atoms with Crippen LogP contribution in [0.3, 0.4) is 0 Å². The molecule has 1 heterocycles. The number of carbonyl (C=O) groups is 1. The largest absolute Gasteiger partial charge is 0.461 e. The summed E-state index contributed by atoms with van der Waals surface area (Å²) in [4.78, 5) is 11.6. The lowest BCUT2D eigenvalue weighted by Gasteiger charge is -2.02. The Balaban J connectivity index is 2.44. The van der Waals surface area contributed by atoms with E-state index in [4.69, 9.17) is 16.3 Å². The molecule has 17 heavy (non-hydrogen) atoms. The van der Waals surface area contributed by atoms with Crippen LogP contribution in [-0.4, -0.2) is 28.0 Å². The molecule has 0 spiro atoms. The van der Waals surface area contributed by atoms with E-state index < -0.39 is 5.97 Å². The third-order valence-corrected chi connectivity index (χ3v) is 2.48. The van der Waals surface area contributed by atoms with Gasteiger partial charge in [-0.3, -0.25) is 0 Å². The van der Waals surface area contributed by atoms with Gasteiger partial charge in [0.05, 0.1) is 11.6 Å². The zero-order valence-electron chi connectivity index (χ0n) is 9.11. The second-order valence-corrected chi connectivity index (χ2v) is 3.63. The zero-order valence-corrected chi connectivity index (χ0v) is 9.86. The number of H-pyrrole nitrogens is 1. The normalized spacial score (nSPS) is 10.2. The zero-order chi connectivity index (χ0) is 12.3. The minimum Gasteiger partial charge on any atom is -0.461 e. The van der Waals surface area contributed by atoms with E-state index >= 15 is 0 Å². The van der Waals surface area contributed by atoms with Gasteiger partial charge in [-0.05, 0) is 13.0 Å². The Hall–Kier alpha value is -1.88. The van der Waals surface area contributed by atoms with Crippen molar-refractivity contribution in [1.82, 2.24) is 15.4 Å². The Bertz CT molecular complexity index is 539. The molecule has 0 saturated carbocycles. The Morgan fingerprint density at radius 1 is 1.41 bits per heavy atom. The highest BCUT2D eigenvalue weighted by atomic mass is 35.5. The third-order valence-electron chi connectivity index (χ3n) is 2.15. The Labute approximate surface area is 103 Å². The lowest BCUT2D eigenvalue weighted by molar-refractivity contribution is 0.0520. The number of halogens is 1. The van der Waals surface area contributed by atoms with Gasteiger partial charge in [0.25, 0.3) is 0 Å². The molecule has 1 aromatic carbocycles. The van der Waals surface area contributed by atoms with Crippen molar-refractivity contribution in [2.75, 3.05) is 6.61 Å². The van der Waals surface area contributed by atoms with Gasteiger partial charge in [-0.1, -0.05) is 29.8 Å². The second-order valence-electron chi connectivity index (χ2n) is 3.22. The summed E-state index contributed by atoms with van der Waals surface area (Å²) in [5, 5.41) is 10.6. The number of carbonyl (C=O) groups excluding carboxylic acids is 1. The lowest BCUT2D eigenvalue weighted by Crippen LogP contribution is -2.06. The summed E-state index contributed by atoms with van der Waals surface area (Å²) in [7, 11) is 0. The van der Waals surface area contributed by atoms with Crippen molar-refractivity contribution in [3.05, 3.63) is 35.0 Å². The molecule has 0 radical (unpaired) electrons.